The van der Waals surface area contributed by atoms with Gasteiger partial charge < -0.3 is 9.67 Å². The maximum absolute atomic E-state index is 14.2. The molecule has 3 aromatic rings. The third-order valence-corrected chi connectivity index (χ3v) is 7.37. The second-order valence-electron chi connectivity index (χ2n) is 5.48. The minimum Gasteiger partial charge on any atom is -0.480 e. The van der Waals surface area contributed by atoms with Crippen LogP contribution in [0.3, 0.4) is 0 Å². The monoisotopic (exact) mass is 336 g/mol. The Hall–Kier alpha value is -2.64. The first-order chi connectivity index (χ1) is 11.6. The molecule has 0 aliphatic carbocycles. The van der Waals surface area contributed by atoms with Crippen LogP contribution in [-0.4, -0.2) is 11.1 Å². The van der Waals surface area contributed by atoms with E-state index in [0.717, 1.165) is 0 Å². The molecule has 0 aliphatic rings. The van der Waals surface area contributed by atoms with Crippen LogP contribution >= 0.6 is 7.14 Å². The van der Waals surface area contributed by atoms with E-state index in [1.165, 1.54) is 0 Å². The average molecular weight is 336 g/mol. The number of aliphatic carboxylic acids is 1. The maximum atomic E-state index is 14.2. The van der Waals surface area contributed by atoms with Gasteiger partial charge in [0.25, 0.3) is 0 Å². The SMILES string of the molecule is O=C(O)C(c1ccccc1)P(=O)(c1ccccc1)c1ccccc1. The highest BCUT2D eigenvalue weighted by Gasteiger charge is 2.42. The van der Waals surface area contributed by atoms with Gasteiger partial charge >= 0.3 is 5.97 Å². The van der Waals surface area contributed by atoms with Crippen LogP contribution < -0.4 is 10.6 Å². The summed E-state index contributed by atoms with van der Waals surface area (Å²) in [6.07, 6.45) is 0. The van der Waals surface area contributed by atoms with Gasteiger partial charge in [-0.2, -0.15) is 0 Å². The summed E-state index contributed by atoms with van der Waals surface area (Å²) in [5.74, 6) is -1.09. The lowest BCUT2D eigenvalue weighted by atomic mass is 10.1. The molecule has 0 fully saturated rings. The maximum Gasteiger partial charge on any atom is 0.319 e. The van der Waals surface area contributed by atoms with E-state index >= 15 is 0 Å². The molecule has 24 heavy (non-hydrogen) atoms. The van der Waals surface area contributed by atoms with Gasteiger partial charge in [0.05, 0.1) is 0 Å². The molecule has 120 valence electrons. The largest absolute Gasteiger partial charge is 0.480 e. The van der Waals surface area contributed by atoms with Crippen molar-refractivity contribution in [3.8, 4) is 0 Å². The van der Waals surface area contributed by atoms with Crippen molar-refractivity contribution in [2.45, 2.75) is 5.66 Å². The fraction of sp³-hybridized carbons (Fsp3) is 0.0500. The van der Waals surface area contributed by atoms with Gasteiger partial charge in [0.15, 0.2) is 7.14 Å². The van der Waals surface area contributed by atoms with Crippen LogP contribution in [0.25, 0.3) is 0 Å². The van der Waals surface area contributed by atoms with Gasteiger partial charge in [0.2, 0.25) is 0 Å². The van der Waals surface area contributed by atoms with Crippen LogP contribution in [0.2, 0.25) is 0 Å². The number of carboxylic acids is 1. The van der Waals surface area contributed by atoms with Crippen LogP contribution in [0.15, 0.2) is 91.0 Å². The lowest BCUT2D eigenvalue weighted by Gasteiger charge is -2.26. The zero-order valence-electron chi connectivity index (χ0n) is 12.9. The topological polar surface area (TPSA) is 54.4 Å². The van der Waals surface area contributed by atoms with E-state index in [0.29, 0.717) is 16.2 Å². The molecule has 0 bridgehead atoms. The van der Waals surface area contributed by atoms with E-state index in [2.05, 4.69) is 0 Å². The number of benzene rings is 3. The summed E-state index contributed by atoms with van der Waals surface area (Å²) in [4.78, 5) is 12.1. The molecule has 0 radical (unpaired) electrons. The van der Waals surface area contributed by atoms with Gasteiger partial charge in [0, 0.05) is 10.6 Å². The van der Waals surface area contributed by atoms with Gasteiger partial charge in [-0.15, -0.1) is 0 Å². The molecule has 0 saturated heterocycles. The molecule has 4 heteroatoms. The molecular formula is C20H17O3P. The first-order valence-electron chi connectivity index (χ1n) is 7.63. The van der Waals surface area contributed by atoms with Crippen LogP contribution in [0, 0.1) is 0 Å². The predicted molar refractivity (Wildman–Crippen MR) is 96.6 cm³/mol. The Morgan fingerprint density at radius 3 is 1.46 bits per heavy atom. The lowest BCUT2D eigenvalue weighted by molar-refractivity contribution is -0.136. The highest BCUT2D eigenvalue weighted by molar-refractivity contribution is 7.79. The Kier molecular flexibility index (Phi) is 4.64. The van der Waals surface area contributed by atoms with Gasteiger partial charge in [-0.3, -0.25) is 4.79 Å². The van der Waals surface area contributed by atoms with E-state index in [1.54, 1.807) is 72.8 Å². The zero-order chi connectivity index (χ0) is 17.0. The van der Waals surface area contributed by atoms with Crippen LogP contribution in [0.4, 0.5) is 0 Å². The molecule has 0 amide bonds. The molecule has 1 atom stereocenters. The molecule has 0 saturated carbocycles. The molecule has 0 spiro atoms. The standard InChI is InChI=1S/C20H17O3P/c21-20(22)19(16-10-4-1-5-11-16)24(23,17-12-6-2-7-13-17)18-14-8-3-9-15-18/h1-15,19H,(H,21,22). The number of rotatable bonds is 5. The Bertz CT molecular complexity index is 818. The summed E-state index contributed by atoms with van der Waals surface area (Å²) >= 11 is 0. The molecule has 3 nitrogen and oxygen atoms in total. The van der Waals surface area contributed by atoms with Gasteiger partial charge in [-0.05, 0) is 5.56 Å². The van der Waals surface area contributed by atoms with Crippen LogP contribution in [0.1, 0.15) is 11.2 Å². The minimum absolute atomic E-state index is 0.543. The second kappa shape index (κ2) is 6.86. The van der Waals surface area contributed by atoms with Crippen molar-refractivity contribution in [1.82, 2.24) is 0 Å². The Morgan fingerprint density at radius 2 is 1.08 bits per heavy atom. The van der Waals surface area contributed by atoms with E-state index in [-0.39, 0.29) is 0 Å². The van der Waals surface area contributed by atoms with Crippen molar-refractivity contribution in [2.75, 3.05) is 0 Å². The van der Waals surface area contributed by atoms with Crippen molar-refractivity contribution in [3.05, 3.63) is 96.6 Å². The van der Waals surface area contributed by atoms with Crippen molar-refractivity contribution >= 4 is 23.7 Å². The van der Waals surface area contributed by atoms with Gasteiger partial charge in [0.1, 0.15) is 5.66 Å². The number of hydrogen-bond acceptors (Lipinski definition) is 2. The predicted octanol–water partition coefficient (Wildman–Crippen LogP) is 3.83. The fourth-order valence-corrected chi connectivity index (χ4v) is 5.92. The van der Waals surface area contributed by atoms with Gasteiger partial charge in [-0.25, -0.2) is 0 Å². The Labute approximate surface area is 141 Å². The Morgan fingerprint density at radius 1 is 0.708 bits per heavy atom. The highest BCUT2D eigenvalue weighted by atomic mass is 31.2. The third kappa shape index (κ3) is 2.91. The lowest BCUT2D eigenvalue weighted by Crippen LogP contribution is -2.26. The molecule has 1 N–H and O–H groups in total. The minimum atomic E-state index is -3.41. The number of carboxylic acid groups (broad SMARTS) is 1. The summed E-state index contributed by atoms with van der Waals surface area (Å²) in [5.41, 5.74) is -0.579. The Balaban J connectivity index is 2.28. The normalized spacial score (nSPS) is 12.5. The first-order valence-corrected chi connectivity index (χ1v) is 9.40. The van der Waals surface area contributed by atoms with Crippen molar-refractivity contribution < 1.29 is 14.5 Å². The summed E-state index contributed by atoms with van der Waals surface area (Å²) in [7, 11) is -3.41. The molecular weight excluding hydrogens is 319 g/mol. The van der Waals surface area contributed by atoms with Crippen LogP contribution in [-0.2, 0) is 9.36 Å². The molecule has 3 rings (SSSR count). The summed E-state index contributed by atoms with van der Waals surface area (Å²) < 4.78 is 14.2. The average Bonchev–Trinajstić information content (AvgIpc) is 2.64. The highest BCUT2D eigenvalue weighted by Crippen LogP contribution is 2.57. The van der Waals surface area contributed by atoms with Crippen molar-refractivity contribution in [2.24, 2.45) is 0 Å². The van der Waals surface area contributed by atoms with E-state index in [4.69, 9.17) is 0 Å². The van der Waals surface area contributed by atoms with E-state index < -0.39 is 18.8 Å². The first kappa shape index (κ1) is 16.2. The molecule has 0 aliphatic heterocycles. The summed E-state index contributed by atoms with van der Waals surface area (Å²) in [5, 5.41) is 11.0. The smallest absolute Gasteiger partial charge is 0.319 e. The third-order valence-electron chi connectivity index (χ3n) is 3.99. The second-order valence-corrected chi connectivity index (χ2v) is 8.35. The molecule has 1 unspecified atom stereocenters. The van der Waals surface area contributed by atoms with Crippen LogP contribution in [0.5, 0.6) is 0 Å². The fourth-order valence-electron chi connectivity index (χ4n) is 2.89. The number of carbonyl (C=O) groups is 1. The van der Waals surface area contributed by atoms with E-state index in [9.17, 15) is 14.5 Å². The summed E-state index contributed by atoms with van der Waals surface area (Å²) in [6, 6.07) is 26.6. The van der Waals surface area contributed by atoms with Crippen molar-refractivity contribution in [1.29, 1.82) is 0 Å². The van der Waals surface area contributed by atoms with Gasteiger partial charge in [-0.1, -0.05) is 91.0 Å². The quantitative estimate of drug-likeness (QED) is 0.721. The molecule has 0 heterocycles. The molecule has 3 aromatic carbocycles. The summed E-state index contributed by atoms with van der Waals surface area (Å²) in [6.45, 7) is 0. The van der Waals surface area contributed by atoms with Crippen molar-refractivity contribution in [3.63, 3.8) is 0 Å². The molecule has 0 aromatic heterocycles. The zero-order valence-corrected chi connectivity index (χ0v) is 13.8. The number of hydrogen-bond donors (Lipinski definition) is 1. The van der Waals surface area contributed by atoms with E-state index in [1.807, 2.05) is 18.2 Å².